The summed E-state index contributed by atoms with van der Waals surface area (Å²) >= 11 is 0. The first-order valence-electron chi connectivity index (χ1n) is 25.7. The van der Waals surface area contributed by atoms with Crippen LogP contribution in [0.2, 0.25) is 0 Å². The summed E-state index contributed by atoms with van der Waals surface area (Å²) in [7, 11) is 0. The number of unbranched alkanes of at least 4 members (excludes halogenated alkanes) is 14. The molecule has 0 aromatic rings. The van der Waals surface area contributed by atoms with Crippen LogP contribution in [0.5, 0.6) is 0 Å². The van der Waals surface area contributed by atoms with E-state index in [0.717, 1.165) is 25.7 Å². The minimum absolute atomic E-state index is 0.00740. The van der Waals surface area contributed by atoms with Crippen LogP contribution >= 0.6 is 0 Å². The number of hydrogen-bond donors (Lipinski definition) is 10. The van der Waals surface area contributed by atoms with Gasteiger partial charge < -0.3 is 54.8 Å². The van der Waals surface area contributed by atoms with Crippen molar-refractivity contribution < 1.29 is 33.6 Å². The lowest BCUT2D eigenvalue weighted by Gasteiger charge is -2.28. The van der Waals surface area contributed by atoms with Crippen molar-refractivity contribution in [3.8, 4) is 0 Å². The third kappa shape index (κ3) is 32.0. The predicted molar refractivity (Wildman–Crippen MR) is 268 cm³/mol. The van der Waals surface area contributed by atoms with Crippen molar-refractivity contribution in [3.05, 3.63) is 0 Å². The lowest BCUT2D eigenvalue weighted by atomic mass is 9.97. The third-order valence-corrected chi connectivity index (χ3v) is 11.9. The Morgan fingerprint density at radius 3 is 1.37 bits per heavy atom. The van der Waals surface area contributed by atoms with Crippen LogP contribution in [0.1, 0.15) is 196 Å². The van der Waals surface area contributed by atoms with Gasteiger partial charge in [0.05, 0.1) is 6.54 Å². The van der Waals surface area contributed by atoms with Gasteiger partial charge in [-0.2, -0.15) is 0 Å². The van der Waals surface area contributed by atoms with E-state index in [1.54, 1.807) is 6.92 Å². The molecule has 0 aromatic heterocycles. The topological polar surface area (TPSA) is 308 Å². The average Bonchev–Trinajstić information content (AvgIpc) is 3.26. The smallest absolute Gasteiger partial charge is 0.243 e. The molecule has 7 amide bonds. The molecule has 0 heterocycles. The molecule has 0 fully saturated rings. The summed E-state index contributed by atoms with van der Waals surface area (Å²) in [6.45, 7) is 13.7. The molecule has 67 heavy (non-hydrogen) atoms. The van der Waals surface area contributed by atoms with E-state index in [-0.39, 0.29) is 68.4 Å². The molecule has 0 saturated heterocycles. The molecule has 0 saturated carbocycles. The molecule has 0 aromatic carbocycles. The lowest BCUT2D eigenvalue weighted by Crippen LogP contribution is -2.59. The van der Waals surface area contributed by atoms with Gasteiger partial charge in [-0.3, -0.25) is 38.6 Å². The van der Waals surface area contributed by atoms with Crippen molar-refractivity contribution in [3.63, 3.8) is 0 Å². The fourth-order valence-corrected chi connectivity index (χ4v) is 7.73. The molecule has 0 rings (SSSR count). The van der Waals surface area contributed by atoms with Gasteiger partial charge in [0.25, 0.3) is 0 Å². The Balaban J connectivity index is 5.62. The Bertz CT molecular complexity index is 1460. The number of aliphatic imine (C=N–C) groups is 1. The average molecular weight is 950 g/mol. The van der Waals surface area contributed by atoms with Crippen LogP contribution in [0, 0.1) is 17.8 Å². The maximum atomic E-state index is 14.0. The molecule has 0 spiro atoms. The van der Waals surface area contributed by atoms with Gasteiger partial charge >= 0.3 is 0 Å². The molecular weight excluding hydrogens is 855 g/mol. The number of rotatable bonds is 41. The van der Waals surface area contributed by atoms with E-state index < -0.39 is 65.7 Å². The van der Waals surface area contributed by atoms with Crippen LogP contribution in [-0.4, -0.2) is 97.2 Å². The first-order valence-corrected chi connectivity index (χ1v) is 25.7. The summed E-state index contributed by atoms with van der Waals surface area (Å²) in [6, 6.07) is -5.33. The standard InChI is InChI=1S/C49H95N11O7/c1-8-10-11-12-13-14-15-16-17-18-19-20-21-22-28-41(61)55-33-42(62)56-39(31-34(3)4)47(66)59-40(32-35(5)6)48(67)58-37(26-23-24-29-50)45(64)57-38(27-25-30-54-49(52)53)46(65)60-43(44(51)63)36(7)9-2/h34-40,43H,8-33,50H2,1-7H3,(H2,51,63)(H,55,61)(H,56,62)(H,57,64)(H,58,67)(H,59,66)(H,60,65)(H4,52,53,54)/t36-,37-,38-,39-,40-,43-/m0/s1. The number of nitrogens with two attached hydrogens (primary N) is 4. The van der Waals surface area contributed by atoms with Crippen molar-refractivity contribution in [2.75, 3.05) is 19.6 Å². The molecule has 0 aliphatic carbocycles. The number of nitrogens with one attached hydrogen (secondary N) is 6. The third-order valence-electron chi connectivity index (χ3n) is 11.9. The first kappa shape index (κ1) is 62.5. The summed E-state index contributed by atoms with van der Waals surface area (Å²) in [4.78, 5) is 97.3. The zero-order valence-electron chi connectivity index (χ0n) is 42.6. The number of nitrogens with zero attached hydrogens (tertiary/aromatic N) is 1. The molecule has 388 valence electrons. The number of primary amides is 1. The van der Waals surface area contributed by atoms with E-state index in [9.17, 15) is 33.6 Å². The van der Waals surface area contributed by atoms with Gasteiger partial charge in [-0.05, 0) is 75.7 Å². The number of carbonyl (C=O) groups is 7. The summed E-state index contributed by atoms with van der Waals surface area (Å²) < 4.78 is 0. The van der Waals surface area contributed by atoms with Crippen molar-refractivity contribution in [2.24, 2.45) is 45.7 Å². The second kappa shape index (κ2) is 38.5. The van der Waals surface area contributed by atoms with E-state index in [2.05, 4.69) is 43.8 Å². The van der Waals surface area contributed by atoms with E-state index in [0.29, 0.717) is 38.6 Å². The predicted octanol–water partition coefficient (Wildman–Crippen LogP) is 4.20. The summed E-state index contributed by atoms with van der Waals surface area (Å²) in [6.07, 6.45) is 20.0. The van der Waals surface area contributed by atoms with Gasteiger partial charge in [0, 0.05) is 13.0 Å². The monoisotopic (exact) mass is 950 g/mol. The first-order chi connectivity index (χ1) is 31.9. The highest BCUT2D eigenvalue weighted by Gasteiger charge is 2.33. The zero-order chi connectivity index (χ0) is 50.6. The zero-order valence-corrected chi connectivity index (χ0v) is 42.6. The van der Waals surface area contributed by atoms with Gasteiger partial charge in [0.2, 0.25) is 41.4 Å². The fraction of sp³-hybridized carbons (Fsp3) is 0.837. The Kier molecular flexibility index (Phi) is 35.9. The summed E-state index contributed by atoms with van der Waals surface area (Å²) in [5, 5.41) is 16.4. The summed E-state index contributed by atoms with van der Waals surface area (Å²) in [5.41, 5.74) is 22.3. The SMILES string of the molecule is CCCCCCCCCCCCCCCCC(=O)NCC(=O)N[C@@H](CC(C)C)C(=O)N[C@@H](CC(C)C)C(=O)N[C@@H](CCCCN)C(=O)N[C@@H](CCCN=C(N)N)C(=O)N[C@H](C(N)=O)[C@@H](C)CC. The van der Waals surface area contributed by atoms with Gasteiger partial charge in [0.15, 0.2) is 5.96 Å². The van der Waals surface area contributed by atoms with Gasteiger partial charge in [-0.1, -0.05) is 138 Å². The molecule has 14 N–H and O–H groups in total. The van der Waals surface area contributed by atoms with Crippen LogP contribution in [0.4, 0.5) is 0 Å². The minimum Gasteiger partial charge on any atom is -0.370 e. The second-order valence-corrected chi connectivity index (χ2v) is 19.2. The highest BCUT2D eigenvalue weighted by molar-refractivity contribution is 5.96. The van der Waals surface area contributed by atoms with Crippen molar-refractivity contribution in [2.45, 2.75) is 226 Å². The van der Waals surface area contributed by atoms with Gasteiger partial charge in [-0.15, -0.1) is 0 Å². The normalized spacial score (nSPS) is 13.9. The fourth-order valence-electron chi connectivity index (χ4n) is 7.73. The van der Waals surface area contributed by atoms with Gasteiger partial charge in [0.1, 0.15) is 30.2 Å². The maximum Gasteiger partial charge on any atom is 0.243 e. The van der Waals surface area contributed by atoms with Crippen LogP contribution in [0.25, 0.3) is 0 Å². The van der Waals surface area contributed by atoms with Crippen molar-refractivity contribution in [1.29, 1.82) is 0 Å². The largest absolute Gasteiger partial charge is 0.370 e. The Morgan fingerprint density at radius 2 is 0.925 bits per heavy atom. The van der Waals surface area contributed by atoms with Crippen LogP contribution in [0.3, 0.4) is 0 Å². The molecule has 6 atom stereocenters. The number of amides is 7. The van der Waals surface area contributed by atoms with Crippen LogP contribution < -0.4 is 54.8 Å². The Hall–Kier alpha value is -4.48. The van der Waals surface area contributed by atoms with Crippen LogP contribution in [-0.2, 0) is 33.6 Å². The lowest BCUT2D eigenvalue weighted by molar-refractivity contribution is -0.135. The Morgan fingerprint density at radius 1 is 0.493 bits per heavy atom. The van der Waals surface area contributed by atoms with Gasteiger partial charge in [-0.25, -0.2) is 0 Å². The van der Waals surface area contributed by atoms with Crippen LogP contribution in [0.15, 0.2) is 4.99 Å². The molecule has 0 unspecified atom stereocenters. The molecule has 0 radical (unpaired) electrons. The van der Waals surface area contributed by atoms with E-state index in [1.165, 1.54) is 64.2 Å². The van der Waals surface area contributed by atoms with E-state index in [4.69, 9.17) is 22.9 Å². The number of guanidine groups is 1. The van der Waals surface area contributed by atoms with Crippen molar-refractivity contribution >= 4 is 47.3 Å². The van der Waals surface area contributed by atoms with E-state index >= 15 is 0 Å². The molecule has 0 aliphatic rings. The van der Waals surface area contributed by atoms with E-state index in [1.807, 2.05) is 34.6 Å². The Labute approximate surface area is 403 Å². The molecule has 0 aliphatic heterocycles. The molecule has 0 bridgehead atoms. The summed E-state index contributed by atoms with van der Waals surface area (Å²) in [5.74, 6) is -4.44. The van der Waals surface area contributed by atoms with Crippen molar-refractivity contribution in [1.82, 2.24) is 31.9 Å². The highest BCUT2D eigenvalue weighted by Crippen LogP contribution is 2.15. The minimum atomic E-state index is -1.14. The quantitative estimate of drug-likeness (QED) is 0.0237. The molecule has 18 heteroatoms. The molecular formula is C49H95N11O7. The highest BCUT2D eigenvalue weighted by atomic mass is 16.2. The second-order valence-electron chi connectivity index (χ2n) is 19.2. The molecule has 18 nitrogen and oxygen atoms in total. The number of hydrogen-bond acceptors (Lipinski definition) is 9. The maximum absolute atomic E-state index is 14.0. The number of carbonyl (C=O) groups excluding carboxylic acids is 7.